The number of carbonyl (C=O) groups is 1. The third kappa shape index (κ3) is 4.41. The fraction of sp³-hybridized carbons (Fsp3) is 0.235. The third-order valence-electron chi connectivity index (χ3n) is 3.39. The SMILES string of the molecule is CCOC(=O)CN(c1ccccc1OC)S(=O)(=O)c1cc(Cl)ccc1Cl. The monoisotopic (exact) mass is 417 g/mol. The molecule has 0 saturated heterocycles. The highest BCUT2D eigenvalue weighted by molar-refractivity contribution is 7.93. The van der Waals surface area contributed by atoms with Gasteiger partial charge in [-0.25, -0.2) is 8.42 Å². The van der Waals surface area contributed by atoms with E-state index in [0.29, 0.717) is 0 Å². The van der Waals surface area contributed by atoms with E-state index in [1.165, 1.54) is 31.4 Å². The number of sulfonamides is 1. The third-order valence-corrected chi connectivity index (χ3v) is 5.87. The minimum absolute atomic E-state index is 0.0156. The van der Waals surface area contributed by atoms with Crippen molar-refractivity contribution >= 4 is 44.9 Å². The van der Waals surface area contributed by atoms with Gasteiger partial charge in [0.25, 0.3) is 10.0 Å². The number of methoxy groups -OCH3 is 1. The Kier molecular flexibility index (Phi) is 6.75. The average molecular weight is 418 g/mol. The quantitative estimate of drug-likeness (QED) is 0.641. The highest BCUT2D eigenvalue weighted by atomic mass is 35.5. The Morgan fingerprint density at radius 1 is 1.15 bits per heavy atom. The molecule has 0 spiro atoms. The number of nitrogens with zero attached hydrogens (tertiary/aromatic N) is 1. The Morgan fingerprint density at radius 3 is 2.50 bits per heavy atom. The van der Waals surface area contributed by atoms with Gasteiger partial charge in [-0.2, -0.15) is 0 Å². The lowest BCUT2D eigenvalue weighted by Gasteiger charge is -2.25. The van der Waals surface area contributed by atoms with Crippen molar-refractivity contribution in [2.45, 2.75) is 11.8 Å². The second kappa shape index (κ2) is 8.62. The van der Waals surface area contributed by atoms with Gasteiger partial charge in [0.2, 0.25) is 0 Å². The molecule has 0 bridgehead atoms. The molecule has 2 rings (SSSR count). The van der Waals surface area contributed by atoms with Crippen LogP contribution in [0.5, 0.6) is 5.75 Å². The van der Waals surface area contributed by atoms with Gasteiger partial charge in [0.15, 0.2) is 0 Å². The Morgan fingerprint density at radius 2 is 1.85 bits per heavy atom. The predicted octanol–water partition coefficient (Wildman–Crippen LogP) is 3.76. The molecular weight excluding hydrogens is 401 g/mol. The minimum Gasteiger partial charge on any atom is -0.495 e. The molecule has 0 aromatic heterocycles. The first-order chi connectivity index (χ1) is 12.3. The molecule has 0 N–H and O–H groups in total. The van der Waals surface area contributed by atoms with Gasteiger partial charge in [0.05, 0.1) is 24.4 Å². The largest absolute Gasteiger partial charge is 0.495 e. The Labute approximate surface area is 162 Å². The summed E-state index contributed by atoms with van der Waals surface area (Å²) in [5.41, 5.74) is 0.180. The number of benzene rings is 2. The van der Waals surface area contributed by atoms with Crippen molar-refractivity contribution in [1.82, 2.24) is 0 Å². The summed E-state index contributed by atoms with van der Waals surface area (Å²) in [6, 6.07) is 10.5. The van der Waals surface area contributed by atoms with Gasteiger partial charge in [-0.15, -0.1) is 0 Å². The van der Waals surface area contributed by atoms with E-state index >= 15 is 0 Å². The number of anilines is 1. The maximum Gasteiger partial charge on any atom is 0.326 e. The molecule has 26 heavy (non-hydrogen) atoms. The summed E-state index contributed by atoms with van der Waals surface area (Å²) < 4.78 is 37.5. The second-order valence-electron chi connectivity index (χ2n) is 5.06. The first-order valence-corrected chi connectivity index (χ1v) is 9.77. The minimum atomic E-state index is -4.22. The molecule has 0 fully saturated rings. The maximum atomic E-state index is 13.2. The number of hydrogen-bond acceptors (Lipinski definition) is 5. The van der Waals surface area contributed by atoms with Crippen molar-refractivity contribution in [2.75, 3.05) is 24.6 Å². The molecule has 0 unspecified atom stereocenters. The van der Waals surface area contributed by atoms with Gasteiger partial charge < -0.3 is 9.47 Å². The maximum absolute atomic E-state index is 13.2. The molecule has 0 aliphatic rings. The van der Waals surface area contributed by atoms with Crippen molar-refractivity contribution in [3.63, 3.8) is 0 Å². The summed E-state index contributed by atoms with van der Waals surface area (Å²) >= 11 is 12.0. The van der Waals surface area contributed by atoms with E-state index in [2.05, 4.69) is 0 Å². The van der Waals surface area contributed by atoms with E-state index < -0.39 is 22.5 Å². The van der Waals surface area contributed by atoms with Crippen LogP contribution in [0.2, 0.25) is 10.0 Å². The van der Waals surface area contributed by atoms with Crippen LogP contribution in [-0.4, -0.2) is 34.6 Å². The van der Waals surface area contributed by atoms with Crippen molar-refractivity contribution in [3.05, 3.63) is 52.5 Å². The molecule has 0 radical (unpaired) electrons. The van der Waals surface area contributed by atoms with Gasteiger partial charge in [-0.05, 0) is 37.3 Å². The summed E-state index contributed by atoms with van der Waals surface area (Å²) in [6.45, 7) is 1.21. The van der Waals surface area contributed by atoms with E-state index in [1.54, 1.807) is 25.1 Å². The van der Waals surface area contributed by atoms with Crippen molar-refractivity contribution in [3.8, 4) is 5.75 Å². The van der Waals surface area contributed by atoms with E-state index in [1.807, 2.05) is 0 Å². The molecule has 0 aliphatic carbocycles. The zero-order valence-electron chi connectivity index (χ0n) is 14.1. The molecule has 140 valence electrons. The van der Waals surface area contributed by atoms with Gasteiger partial charge in [0, 0.05) is 5.02 Å². The van der Waals surface area contributed by atoms with Crippen LogP contribution in [0.3, 0.4) is 0 Å². The number of carbonyl (C=O) groups excluding carboxylic acids is 1. The number of ether oxygens (including phenoxy) is 2. The normalized spacial score (nSPS) is 11.1. The van der Waals surface area contributed by atoms with Crippen molar-refractivity contribution in [1.29, 1.82) is 0 Å². The van der Waals surface area contributed by atoms with Crippen LogP contribution in [-0.2, 0) is 19.6 Å². The van der Waals surface area contributed by atoms with E-state index in [9.17, 15) is 13.2 Å². The van der Waals surface area contributed by atoms with E-state index in [-0.39, 0.29) is 33.0 Å². The Balaban J connectivity index is 2.62. The summed E-state index contributed by atoms with van der Waals surface area (Å²) in [4.78, 5) is 11.8. The van der Waals surface area contributed by atoms with Crippen LogP contribution in [0.25, 0.3) is 0 Å². The molecule has 0 amide bonds. The molecule has 0 heterocycles. The topological polar surface area (TPSA) is 72.9 Å². The summed E-state index contributed by atoms with van der Waals surface area (Å²) in [7, 11) is -2.81. The smallest absolute Gasteiger partial charge is 0.326 e. The molecular formula is C17H17Cl2NO5S. The number of para-hydroxylation sites is 2. The summed E-state index contributed by atoms with van der Waals surface area (Å²) in [5.74, 6) is -0.432. The zero-order valence-corrected chi connectivity index (χ0v) is 16.4. The number of hydrogen-bond donors (Lipinski definition) is 0. The number of esters is 1. The van der Waals surface area contributed by atoms with Crippen LogP contribution in [0, 0.1) is 0 Å². The van der Waals surface area contributed by atoms with Crippen molar-refractivity contribution < 1.29 is 22.7 Å². The average Bonchev–Trinajstić information content (AvgIpc) is 2.61. The zero-order chi connectivity index (χ0) is 19.3. The lowest BCUT2D eigenvalue weighted by atomic mass is 10.3. The lowest BCUT2D eigenvalue weighted by Crippen LogP contribution is -2.37. The summed E-state index contributed by atoms with van der Waals surface area (Å²) in [6.07, 6.45) is 0. The van der Waals surface area contributed by atoms with Gasteiger partial charge in [0.1, 0.15) is 17.2 Å². The lowest BCUT2D eigenvalue weighted by molar-refractivity contribution is -0.141. The standard InChI is InChI=1S/C17H17Cl2NO5S/c1-3-25-17(21)11-20(14-6-4-5-7-15(14)24-2)26(22,23)16-10-12(18)8-9-13(16)19/h4-10H,3,11H2,1-2H3. The number of rotatable bonds is 7. The molecule has 9 heteroatoms. The van der Waals surface area contributed by atoms with Gasteiger partial charge in [-0.3, -0.25) is 9.10 Å². The molecule has 0 aliphatic heterocycles. The van der Waals surface area contributed by atoms with Gasteiger partial charge >= 0.3 is 5.97 Å². The fourth-order valence-corrected chi connectivity index (χ4v) is 4.41. The Hall–Kier alpha value is -1.96. The highest BCUT2D eigenvalue weighted by Crippen LogP contribution is 2.35. The van der Waals surface area contributed by atoms with Crippen LogP contribution >= 0.6 is 23.2 Å². The molecule has 0 saturated carbocycles. The number of halogens is 2. The molecule has 2 aromatic carbocycles. The second-order valence-corrected chi connectivity index (χ2v) is 7.74. The van der Waals surface area contributed by atoms with Gasteiger partial charge in [-0.1, -0.05) is 35.3 Å². The highest BCUT2D eigenvalue weighted by Gasteiger charge is 2.31. The molecule has 6 nitrogen and oxygen atoms in total. The first kappa shape index (κ1) is 20.4. The summed E-state index contributed by atoms with van der Waals surface area (Å²) in [5, 5.41) is 0.183. The van der Waals surface area contributed by atoms with E-state index in [4.69, 9.17) is 32.7 Å². The van der Waals surface area contributed by atoms with Crippen LogP contribution in [0.4, 0.5) is 5.69 Å². The predicted molar refractivity (Wildman–Crippen MR) is 101 cm³/mol. The Bertz CT molecular complexity index is 902. The molecule has 2 aromatic rings. The molecule has 0 atom stereocenters. The first-order valence-electron chi connectivity index (χ1n) is 7.57. The van der Waals surface area contributed by atoms with Crippen LogP contribution in [0.1, 0.15) is 6.92 Å². The van der Waals surface area contributed by atoms with Crippen molar-refractivity contribution in [2.24, 2.45) is 0 Å². The van der Waals surface area contributed by atoms with Crippen LogP contribution in [0.15, 0.2) is 47.4 Å². The van der Waals surface area contributed by atoms with E-state index in [0.717, 1.165) is 4.31 Å². The van der Waals surface area contributed by atoms with Crippen LogP contribution < -0.4 is 9.04 Å². The fourth-order valence-electron chi connectivity index (χ4n) is 2.25.